The predicted octanol–water partition coefficient (Wildman–Crippen LogP) is 1.51. The Labute approximate surface area is 65.4 Å². The van der Waals surface area contributed by atoms with Gasteiger partial charge in [0, 0.05) is 15.1 Å². The standard InChI is InChI=1S/C8H19NO.H2/c1-7(2)5-9-6-8(3)10-4;/h7-9H,5-6H2,1-4H3;1H/t8-;/m1./s1. The average Bonchev–Trinajstić information content (AvgIpc) is 1.87. The molecule has 0 saturated carbocycles. The Morgan fingerprint density at radius 1 is 1.30 bits per heavy atom. The topological polar surface area (TPSA) is 21.3 Å². The van der Waals surface area contributed by atoms with Crippen LogP contribution in [-0.4, -0.2) is 26.3 Å². The van der Waals surface area contributed by atoms with Crippen molar-refractivity contribution in [3.8, 4) is 0 Å². The molecular weight excluding hydrogens is 126 g/mol. The van der Waals surface area contributed by atoms with E-state index >= 15 is 0 Å². The van der Waals surface area contributed by atoms with Crippen molar-refractivity contribution < 1.29 is 6.16 Å². The lowest BCUT2D eigenvalue weighted by Crippen LogP contribution is -2.28. The van der Waals surface area contributed by atoms with Crippen molar-refractivity contribution in [2.45, 2.75) is 26.9 Å². The zero-order chi connectivity index (χ0) is 7.98. The van der Waals surface area contributed by atoms with Crippen molar-refractivity contribution in [1.29, 1.82) is 0 Å². The van der Waals surface area contributed by atoms with Crippen LogP contribution in [0.4, 0.5) is 0 Å². The van der Waals surface area contributed by atoms with Crippen LogP contribution < -0.4 is 5.32 Å². The van der Waals surface area contributed by atoms with Gasteiger partial charge in [0.15, 0.2) is 0 Å². The second kappa shape index (κ2) is 5.69. The molecule has 0 aromatic carbocycles. The number of hydrogen-bond donors (Lipinski definition) is 1. The van der Waals surface area contributed by atoms with E-state index in [4.69, 9.17) is 4.74 Å². The van der Waals surface area contributed by atoms with E-state index in [9.17, 15) is 0 Å². The SMILES string of the molecule is CO[C@H](C)CNCC(C)C.[HH]. The normalized spacial score (nSPS) is 14.1. The van der Waals surface area contributed by atoms with E-state index < -0.39 is 0 Å². The second-order valence-corrected chi connectivity index (χ2v) is 3.10. The molecule has 2 nitrogen and oxygen atoms in total. The van der Waals surface area contributed by atoms with E-state index in [2.05, 4.69) is 26.1 Å². The summed E-state index contributed by atoms with van der Waals surface area (Å²) in [6.45, 7) is 8.49. The van der Waals surface area contributed by atoms with Gasteiger partial charge in [-0.15, -0.1) is 0 Å². The molecule has 0 aromatic rings. The van der Waals surface area contributed by atoms with Crippen LogP contribution in [0.2, 0.25) is 0 Å². The van der Waals surface area contributed by atoms with E-state index in [-0.39, 0.29) is 1.43 Å². The summed E-state index contributed by atoms with van der Waals surface area (Å²) in [6.07, 6.45) is 0.332. The highest BCUT2D eigenvalue weighted by Crippen LogP contribution is 1.88. The Kier molecular flexibility index (Phi) is 5.64. The van der Waals surface area contributed by atoms with Gasteiger partial charge in [-0.25, -0.2) is 0 Å². The van der Waals surface area contributed by atoms with Gasteiger partial charge < -0.3 is 10.1 Å². The van der Waals surface area contributed by atoms with Crippen LogP contribution in [0, 0.1) is 5.92 Å². The maximum atomic E-state index is 5.07. The molecule has 0 amide bonds. The summed E-state index contributed by atoms with van der Waals surface area (Å²) in [7, 11) is 1.74. The molecule has 0 bridgehead atoms. The maximum Gasteiger partial charge on any atom is 0.0667 e. The smallest absolute Gasteiger partial charge is 0.0667 e. The Balaban J connectivity index is 0. The summed E-state index contributed by atoms with van der Waals surface area (Å²) in [5.41, 5.74) is 0. The average molecular weight is 147 g/mol. The van der Waals surface area contributed by atoms with Crippen LogP contribution in [0.5, 0.6) is 0 Å². The van der Waals surface area contributed by atoms with Gasteiger partial charge in [0.25, 0.3) is 0 Å². The highest BCUT2D eigenvalue weighted by Gasteiger charge is 1.98. The van der Waals surface area contributed by atoms with E-state index in [1.54, 1.807) is 7.11 Å². The highest BCUT2D eigenvalue weighted by atomic mass is 16.5. The predicted molar refractivity (Wildman–Crippen MR) is 46.3 cm³/mol. The van der Waals surface area contributed by atoms with E-state index in [0.717, 1.165) is 19.0 Å². The molecule has 64 valence electrons. The molecule has 0 saturated heterocycles. The molecule has 0 aliphatic carbocycles. The van der Waals surface area contributed by atoms with Gasteiger partial charge in [0.05, 0.1) is 6.10 Å². The van der Waals surface area contributed by atoms with Crippen LogP contribution in [0.1, 0.15) is 22.2 Å². The van der Waals surface area contributed by atoms with Gasteiger partial charge in [-0.2, -0.15) is 0 Å². The van der Waals surface area contributed by atoms with Crippen molar-refractivity contribution in [2.75, 3.05) is 20.2 Å². The molecule has 1 N–H and O–H groups in total. The molecule has 0 aromatic heterocycles. The highest BCUT2D eigenvalue weighted by molar-refractivity contribution is 4.55. The summed E-state index contributed by atoms with van der Waals surface area (Å²) in [5.74, 6) is 0.726. The van der Waals surface area contributed by atoms with E-state index in [0.29, 0.717) is 6.10 Å². The molecule has 0 unspecified atom stereocenters. The summed E-state index contributed by atoms with van der Waals surface area (Å²) >= 11 is 0. The van der Waals surface area contributed by atoms with Crippen molar-refractivity contribution in [2.24, 2.45) is 5.92 Å². The second-order valence-electron chi connectivity index (χ2n) is 3.10. The maximum absolute atomic E-state index is 5.07. The van der Waals surface area contributed by atoms with Crippen LogP contribution in [-0.2, 0) is 4.74 Å². The Hall–Kier alpha value is -0.0800. The monoisotopic (exact) mass is 147 g/mol. The lowest BCUT2D eigenvalue weighted by Gasteiger charge is -2.11. The van der Waals surface area contributed by atoms with Gasteiger partial charge in [-0.1, -0.05) is 13.8 Å². The minimum absolute atomic E-state index is 0. The zero-order valence-electron chi connectivity index (χ0n) is 7.48. The number of methoxy groups -OCH3 is 1. The largest absolute Gasteiger partial charge is 0.380 e. The van der Waals surface area contributed by atoms with Crippen LogP contribution in [0.15, 0.2) is 0 Å². The molecule has 0 aliphatic rings. The molecule has 0 spiro atoms. The van der Waals surface area contributed by atoms with Crippen LogP contribution in [0.3, 0.4) is 0 Å². The Morgan fingerprint density at radius 3 is 2.30 bits per heavy atom. The summed E-state index contributed by atoms with van der Waals surface area (Å²) in [6, 6.07) is 0. The van der Waals surface area contributed by atoms with Crippen molar-refractivity contribution in [3.05, 3.63) is 0 Å². The number of ether oxygens (including phenoxy) is 1. The van der Waals surface area contributed by atoms with Gasteiger partial charge >= 0.3 is 0 Å². The summed E-state index contributed by atoms with van der Waals surface area (Å²) < 4.78 is 5.07. The zero-order valence-corrected chi connectivity index (χ0v) is 7.48. The first-order chi connectivity index (χ1) is 4.66. The third-order valence-electron chi connectivity index (χ3n) is 1.39. The third kappa shape index (κ3) is 6.05. The molecule has 10 heavy (non-hydrogen) atoms. The fraction of sp³-hybridized carbons (Fsp3) is 1.00. The minimum Gasteiger partial charge on any atom is -0.380 e. The van der Waals surface area contributed by atoms with Crippen LogP contribution >= 0.6 is 0 Å². The molecule has 0 aliphatic heterocycles. The summed E-state index contributed by atoms with van der Waals surface area (Å²) in [5, 5.41) is 3.31. The van der Waals surface area contributed by atoms with Crippen molar-refractivity contribution in [1.82, 2.24) is 5.32 Å². The van der Waals surface area contributed by atoms with E-state index in [1.807, 2.05) is 0 Å². The Morgan fingerprint density at radius 2 is 1.90 bits per heavy atom. The molecule has 0 rings (SSSR count). The molecular formula is C8H21NO. The molecule has 0 radical (unpaired) electrons. The number of nitrogens with one attached hydrogen (secondary N) is 1. The first kappa shape index (κ1) is 9.92. The molecule has 0 fully saturated rings. The number of rotatable bonds is 5. The summed E-state index contributed by atoms with van der Waals surface area (Å²) in [4.78, 5) is 0. The fourth-order valence-corrected chi connectivity index (χ4v) is 0.659. The van der Waals surface area contributed by atoms with Gasteiger partial charge in [0.2, 0.25) is 0 Å². The number of hydrogen-bond acceptors (Lipinski definition) is 2. The third-order valence-corrected chi connectivity index (χ3v) is 1.39. The van der Waals surface area contributed by atoms with Crippen LogP contribution in [0.25, 0.3) is 0 Å². The molecule has 1 atom stereocenters. The van der Waals surface area contributed by atoms with Gasteiger partial charge in [-0.3, -0.25) is 0 Å². The fourth-order valence-electron chi connectivity index (χ4n) is 0.659. The van der Waals surface area contributed by atoms with Crippen molar-refractivity contribution >= 4 is 0 Å². The lowest BCUT2D eigenvalue weighted by molar-refractivity contribution is 0.116. The molecule has 0 heterocycles. The van der Waals surface area contributed by atoms with Gasteiger partial charge in [-0.05, 0) is 19.4 Å². The van der Waals surface area contributed by atoms with Crippen molar-refractivity contribution in [3.63, 3.8) is 0 Å². The minimum atomic E-state index is 0. The van der Waals surface area contributed by atoms with Gasteiger partial charge in [0.1, 0.15) is 0 Å². The quantitative estimate of drug-likeness (QED) is 0.636. The first-order valence-corrected chi connectivity index (χ1v) is 3.90. The first-order valence-electron chi connectivity index (χ1n) is 3.90. The van der Waals surface area contributed by atoms with E-state index in [1.165, 1.54) is 0 Å². The molecule has 2 heteroatoms. The lowest BCUT2D eigenvalue weighted by atomic mass is 10.2. The Bertz CT molecular complexity index is 78.5.